The third-order valence-electron chi connectivity index (χ3n) is 5.23. The lowest BCUT2D eigenvalue weighted by atomic mass is 10.1. The van der Waals surface area contributed by atoms with E-state index in [1.165, 1.54) is 19.1 Å². The first kappa shape index (κ1) is 25.4. The number of anilines is 1. The number of nitrogens with one attached hydrogen (secondary N) is 2. The minimum absolute atomic E-state index is 0.0170. The molecule has 7 nitrogen and oxygen atoms in total. The monoisotopic (exact) mass is 478 g/mol. The average Bonchev–Trinajstić information content (AvgIpc) is 2.88. The molecule has 0 heterocycles. The molecule has 0 fully saturated rings. The first-order chi connectivity index (χ1) is 16.9. The van der Waals surface area contributed by atoms with Crippen molar-refractivity contribution in [3.05, 3.63) is 101 Å². The number of benzene rings is 3. The number of hydrogen-bond donors (Lipinski definition) is 2. The van der Waals surface area contributed by atoms with Gasteiger partial charge in [0.1, 0.15) is 25.1 Å². The van der Waals surface area contributed by atoms with Crippen molar-refractivity contribution < 1.29 is 28.2 Å². The number of hydrogen-bond acceptors (Lipinski definition) is 5. The molecule has 0 radical (unpaired) electrons. The number of ether oxygens (including phenoxy) is 2. The second-order valence-electron chi connectivity index (χ2n) is 7.85. The van der Waals surface area contributed by atoms with E-state index < -0.39 is 29.8 Å². The maximum Gasteiger partial charge on any atom is 0.408 e. The Morgan fingerprint density at radius 3 is 2.06 bits per heavy atom. The van der Waals surface area contributed by atoms with E-state index in [1.807, 2.05) is 48.5 Å². The van der Waals surface area contributed by atoms with Crippen LogP contribution in [0.3, 0.4) is 0 Å². The van der Waals surface area contributed by atoms with Gasteiger partial charge in [0.25, 0.3) is 0 Å². The minimum Gasteiger partial charge on any atom is -0.461 e. The van der Waals surface area contributed by atoms with Crippen molar-refractivity contribution in [3.8, 4) is 0 Å². The van der Waals surface area contributed by atoms with E-state index >= 15 is 0 Å². The molecular weight excluding hydrogens is 451 g/mol. The molecule has 0 aromatic heterocycles. The number of carbonyl (C=O) groups is 3. The van der Waals surface area contributed by atoms with Crippen LogP contribution in [0.25, 0.3) is 0 Å². The molecule has 0 saturated carbocycles. The van der Waals surface area contributed by atoms with Gasteiger partial charge in [-0.15, -0.1) is 0 Å². The molecule has 3 aromatic rings. The summed E-state index contributed by atoms with van der Waals surface area (Å²) in [4.78, 5) is 37.5. The zero-order valence-corrected chi connectivity index (χ0v) is 19.3. The Labute approximate surface area is 203 Å². The molecule has 1 atom stereocenters. The predicted molar refractivity (Wildman–Crippen MR) is 129 cm³/mol. The summed E-state index contributed by atoms with van der Waals surface area (Å²) in [5.74, 6) is -1.60. The number of halogens is 1. The Bertz CT molecular complexity index is 1140. The first-order valence-corrected chi connectivity index (χ1v) is 11.1. The fourth-order valence-corrected chi connectivity index (χ4v) is 3.21. The zero-order valence-electron chi connectivity index (χ0n) is 19.3. The molecule has 0 spiro atoms. The SMILES string of the molecule is Cc1c(F)cccc1NC(=O)[C@H](CCC(=O)OCc1ccccc1)NC(=O)OCc1ccccc1. The van der Waals surface area contributed by atoms with Crippen molar-refractivity contribution >= 4 is 23.7 Å². The number of rotatable bonds is 10. The van der Waals surface area contributed by atoms with Crippen LogP contribution in [0.15, 0.2) is 78.9 Å². The quantitative estimate of drug-likeness (QED) is 0.405. The van der Waals surface area contributed by atoms with Crippen LogP contribution in [-0.4, -0.2) is 24.0 Å². The summed E-state index contributed by atoms with van der Waals surface area (Å²) >= 11 is 0. The molecule has 8 heteroatoms. The van der Waals surface area contributed by atoms with Crippen LogP contribution in [-0.2, 0) is 32.3 Å². The van der Waals surface area contributed by atoms with Crippen LogP contribution in [0.2, 0.25) is 0 Å². The highest BCUT2D eigenvalue weighted by Gasteiger charge is 2.24. The number of esters is 1. The highest BCUT2D eigenvalue weighted by atomic mass is 19.1. The van der Waals surface area contributed by atoms with Gasteiger partial charge >= 0.3 is 12.1 Å². The summed E-state index contributed by atoms with van der Waals surface area (Å²) in [5, 5.41) is 5.11. The molecule has 0 bridgehead atoms. The molecule has 0 saturated heterocycles. The average molecular weight is 479 g/mol. The van der Waals surface area contributed by atoms with Gasteiger partial charge in [-0.1, -0.05) is 66.7 Å². The Hall–Kier alpha value is -4.20. The number of amides is 2. The van der Waals surface area contributed by atoms with Crippen LogP contribution < -0.4 is 10.6 Å². The third-order valence-corrected chi connectivity index (χ3v) is 5.23. The summed E-state index contributed by atoms with van der Waals surface area (Å²) in [6.45, 7) is 1.65. The van der Waals surface area contributed by atoms with Crippen molar-refractivity contribution in [2.75, 3.05) is 5.32 Å². The summed E-state index contributed by atoms with van der Waals surface area (Å²) in [6.07, 6.45) is -0.970. The highest BCUT2D eigenvalue weighted by Crippen LogP contribution is 2.18. The molecule has 0 aliphatic rings. The maximum absolute atomic E-state index is 13.9. The maximum atomic E-state index is 13.9. The fourth-order valence-electron chi connectivity index (χ4n) is 3.21. The molecule has 3 rings (SSSR count). The van der Waals surface area contributed by atoms with Crippen molar-refractivity contribution in [1.29, 1.82) is 0 Å². The minimum atomic E-state index is -1.11. The Balaban J connectivity index is 1.60. The summed E-state index contributed by atoms with van der Waals surface area (Å²) < 4.78 is 24.3. The third kappa shape index (κ3) is 8.26. The molecule has 2 N–H and O–H groups in total. The van der Waals surface area contributed by atoms with Crippen LogP contribution in [0, 0.1) is 12.7 Å². The van der Waals surface area contributed by atoms with E-state index in [-0.39, 0.29) is 37.3 Å². The van der Waals surface area contributed by atoms with Crippen LogP contribution in [0.4, 0.5) is 14.9 Å². The van der Waals surface area contributed by atoms with Gasteiger partial charge < -0.3 is 20.1 Å². The molecule has 0 unspecified atom stereocenters. The van der Waals surface area contributed by atoms with E-state index in [9.17, 15) is 18.8 Å². The molecular formula is C27H27FN2O5. The lowest BCUT2D eigenvalue weighted by Crippen LogP contribution is -2.44. The van der Waals surface area contributed by atoms with Gasteiger partial charge in [-0.3, -0.25) is 9.59 Å². The van der Waals surface area contributed by atoms with Crippen molar-refractivity contribution in [2.45, 2.75) is 39.0 Å². The van der Waals surface area contributed by atoms with Gasteiger partial charge in [-0.2, -0.15) is 0 Å². The normalized spacial score (nSPS) is 11.3. The van der Waals surface area contributed by atoms with Crippen molar-refractivity contribution in [1.82, 2.24) is 5.32 Å². The van der Waals surface area contributed by atoms with Crippen molar-refractivity contribution in [2.24, 2.45) is 0 Å². The topological polar surface area (TPSA) is 93.7 Å². The highest BCUT2D eigenvalue weighted by molar-refractivity contribution is 5.97. The van der Waals surface area contributed by atoms with Crippen LogP contribution >= 0.6 is 0 Å². The van der Waals surface area contributed by atoms with E-state index in [0.717, 1.165) is 11.1 Å². The van der Waals surface area contributed by atoms with Crippen molar-refractivity contribution in [3.63, 3.8) is 0 Å². The first-order valence-electron chi connectivity index (χ1n) is 11.1. The van der Waals surface area contributed by atoms with E-state index in [0.29, 0.717) is 0 Å². The van der Waals surface area contributed by atoms with Gasteiger partial charge in [0, 0.05) is 17.7 Å². The summed E-state index contributed by atoms with van der Waals surface area (Å²) in [5.41, 5.74) is 2.14. The van der Waals surface area contributed by atoms with Gasteiger partial charge in [0.2, 0.25) is 5.91 Å². The van der Waals surface area contributed by atoms with E-state index in [4.69, 9.17) is 9.47 Å². The second kappa shape index (κ2) is 12.9. The predicted octanol–water partition coefficient (Wildman–Crippen LogP) is 4.89. The van der Waals surface area contributed by atoms with Crippen LogP contribution in [0.5, 0.6) is 0 Å². The number of carbonyl (C=O) groups excluding carboxylic acids is 3. The van der Waals surface area contributed by atoms with Gasteiger partial charge in [0.15, 0.2) is 0 Å². The van der Waals surface area contributed by atoms with E-state index in [2.05, 4.69) is 10.6 Å². The summed E-state index contributed by atoms with van der Waals surface area (Å²) in [7, 11) is 0. The molecule has 35 heavy (non-hydrogen) atoms. The summed E-state index contributed by atoms with van der Waals surface area (Å²) in [6, 6.07) is 21.5. The fraction of sp³-hybridized carbons (Fsp3) is 0.222. The molecule has 2 amide bonds. The number of alkyl carbamates (subject to hydrolysis) is 1. The Morgan fingerprint density at radius 2 is 1.43 bits per heavy atom. The lowest BCUT2D eigenvalue weighted by Gasteiger charge is -2.19. The molecule has 3 aromatic carbocycles. The smallest absolute Gasteiger partial charge is 0.408 e. The molecule has 0 aliphatic heterocycles. The second-order valence-corrected chi connectivity index (χ2v) is 7.85. The van der Waals surface area contributed by atoms with Gasteiger partial charge in [-0.05, 0) is 36.6 Å². The standard InChI is InChI=1S/C27H27FN2O5/c1-19-22(28)13-8-14-23(19)29-26(32)24(30-27(33)35-18-21-11-6-3-7-12-21)15-16-25(31)34-17-20-9-4-2-5-10-20/h2-14,24H,15-18H2,1H3,(H,29,32)(H,30,33)/t24-/m0/s1. The van der Waals surface area contributed by atoms with E-state index in [1.54, 1.807) is 18.2 Å². The van der Waals surface area contributed by atoms with Crippen LogP contribution in [0.1, 0.15) is 29.5 Å². The van der Waals surface area contributed by atoms with Gasteiger partial charge in [-0.25, -0.2) is 9.18 Å². The molecule has 182 valence electrons. The largest absolute Gasteiger partial charge is 0.461 e. The van der Waals surface area contributed by atoms with Gasteiger partial charge in [0.05, 0.1) is 0 Å². The zero-order chi connectivity index (χ0) is 25.0. The molecule has 0 aliphatic carbocycles. The Kier molecular flexibility index (Phi) is 9.36. The Morgan fingerprint density at radius 1 is 0.829 bits per heavy atom. The lowest BCUT2D eigenvalue weighted by molar-refractivity contribution is -0.145.